The highest BCUT2D eigenvalue weighted by atomic mass is 32.2. The lowest BCUT2D eigenvalue weighted by Crippen LogP contribution is -2.06. The molecule has 0 aliphatic carbocycles. The van der Waals surface area contributed by atoms with Gasteiger partial charge in [0.15, 0.2) is 0 Å². The Morgan fingerprint density at radius 3 is 2.38 bits per heavy atom. The molecule has 92 valence electrons. The number of hydrogen-bond acceptors (Lipinski definition) is 2. The monoisotopic (exact) mass is 240 g/mol. The molecule has 0 saturated heterocycles. The van der Waals surface area contributed by atoms with Gasteiger partial charge in [-0.25, -0.2) is 0 Å². The quantitative estimate of drug-likeness (QED) is 0.429. The average Bonchev–Trinajstić information content (AvgIpc) is 2.22. The molecule has 0 heterocycles. The molecule has 16 heavy (non-hydrogen) atoms. The van der Waals surface area contributed by atoms with Gasteiger partial charge >= 0.3 is 0 Å². The SMILES string of the molecule is C=C(C(C)C)/S(=C/C(C=NC)CC)C(C)=N. The Balaban J connectivity index is 5.11. The first-order valence-corrected chi connectivity index (χ1v) is 6.97. The summed E-state index contributed by atoms with van der Waals surface area (Å²) >= 11 is 0. The smallest absolute Gasteiger partial charge is 0.0594 e. The molecule has 0 radical (unpaired) electrons. The number of aliphatic imine (C=N–C) groups is 1. The van der Waals surface area contributed by atoms with Gasteiger partial charge in [0.1, 0.15) is 0 Å². The van der Waals surface area contributed by atoms with Crippen LogP contribution in [0.15, 0.2) is 16.5 Å². The van der Waals surface area contributed by atoms with Gasteiger partial charge in [-0.3, -0.25) is 5.41 Å². The number of allylic oxidation sites excluding steroid dienone is 1. The largest absolute Gasteiger partial charge is 0.300 e. The van der Waals surface area contributed by atoms with Crippen LogP contribution < -0.4 is 0 Å². The molecule has 0 aliphatic heterocycles. The third-order valence-corrected chi connectivity index (χ3v) is 4.70. The third kappa shape index (κ3) is 4.88. The maximum atomic E-state index is 7.85. The molecule has 3 heteroatoms. The van der Waals surface area contributed by atoms with E-state index in [-0.39, 0.29) is 10.5 Å². The van der Waals surface area contributed by atoms with Crippen molar-refractivity contribution in [2.24, 2.45) is 16.8 Å². The van der Waals surface area contributed by atoms with Crippen LogP contribution in [-0.4, -0.2) is 23.7 Å². The third-order valence-electron chi connectivity index (χ3n) is 2.38. The zero-order chi connectivity index (χ0) is 12.7. The molecule has 0 bridgehead atoms. The van der Waals surface area contributed by atoms with E-state index in [4.69, 9.17) is 5.41 Å². The van der Waals surface area contributed by atoms with Gasteiger partial charge < -0.3 is 4.99 Å². The Hall–Kier alpha value is -0.700. The number of rotatable bonds is 5. The van der Waals surface area contributed by atoms with Crippen molar-refractivity contribution in [2.45, 2.75) is 34.1 Å². The highest BCUT2D eigenvalue weighted by molar-refractivity contribution is 8.30. The number of nitrogens with one attached hydrogen (secondary N) is 1. The fourth-order valence-electron chi connectivity index (χ4n) is 1.24. The predicted octanol–water partition coefficient (Wildman–Crippen LogP) is 3.95. The molecule has 2 nitrogen and oxygen atoms in total. The van der Waals surface area contributed by atoms with Crippen molar-refractivity contribution in [3.05, 3.63) is 11.5 Å². The summed E-state index contributed by atoms with van der Waals surface area (Å²) in [4.78, 5) is 5.22. The van der Waals surface area contributed by atoms with Crippen molar-refractivity contribution in [1.82, 2.24) is 0 Å². The normalized spacial score (nSPS) is 15.6. The molecule has 0 fully saturated rings. The summed E-state index contributed by atoms with van der Waals surface area (Å²) in [7, 11) is 1.58. The van der Waals surface area contributed by atoms with E-state index in [0.29, 0.717) is 16.9 Å². The molecule has 0 amide bonds. The van der Waals surface area contributed by atoms with E-state index in [1.807, 2.05) is 13.1 Å². The molecule has 0 saturated carbocycles. The second-order valence-electron chi connectivity index (χ2n) is 4.13. The summed E-state index contributed by atoms with van der Waals surface area (Å²) in [5.41, 5.74) is 0. The minimum Gasteiger partial charge on any atom is -0.300 e. The van der Waals surface area contributed by atoms with E-state index >= 15 is 0 Å². The van der Waals surface area contributed by atoms with Gasteiger partial charge in [0.2, 0.25) is 0 Å². The van der Waals surface area contributed by atoms with Crippen LogP contribution in [0.5, 0.6) is 0 Å². The van der Waals surface area contributed by atoms with Crippen molar-refractivity contribution in [1.29, 1.82) is 5.41 Å². The Morgan fingerprint density at radius 2 is 2.06 bits per heavy atom. The van der Waals surface area contributed by atoms with Crippen LogP contribution in [0.4, 0.5) is 0 Å². The lowest BCUT2D eigenvalue weighted by Gasteiger charge is -2.16. The Labute approximate surface area is 102 Å². The van der Waals surface area contributed by atoms with Crippen LogP contribution in [0.25, 0.3) is 0 Å². The Kier molecular flexibility index (Phi) is 7.22. The van der Waals surface area contributed by atoms with Gasteiger partial charge in [0.25, 0.3) is 0 Å². The van der Waals surface area contributed by atoms with E-state index in [1.165, 1.54) is 0 Å². The van der Waals surface area contributed by atoms with Crippen LogP contribution in [0.1, 0.15) is 34.1 Å². The summed E-state index contributed by atoms with van der Waals surface area (Å²) in [6, 6.07) is 0. The van der Waals surface area contributed by atoms with E-state index in [9.17, 15) is 0 Å². The highest BCUT2D eigenvalue weighted by Crippen LogP contribution is 2.31. The zero-order valence-electron chi connectivity index (χ0n) is 11.1. The predicted molar refractivity (Wildman–Crippen MR) is 79.2 cm³/mol. The lowest BCUT2D eigenvalue weighted by atomic mass is 10.1. The first-order chi connectivity index (χ1) is 7.43. The van der Waals surface area contributed by atoms with Crippen molar-refractivity contribution >= 4 is 27.1 Å². The molecule has 0 spiro atoms. The maximum absolute atomic E-state index is 7.85. The lowest BCUT2D eigenvalue weighted by molar-refractivity contribution is 0.820. The summed E-state index contributed by atoms with van der Waals surface area (Å²) in [5.74, 6) is 0.778. The van der Waals surface area contributed by atoms with E-state index in [1.54, 1.807) is 7.05 Å². The fraction of sp³-hybridized carbons (Fsp3) is 0.615. The Bertz CT molecular complexity index is 314. The molecule has 2 atom stereocenters. The topological polar surface area (TPSA) is 36.2 Å². The first kappa shape index (κ1) is 15.3. The Morgan fingerprint density at radius 1 is 1.50 bits per heavy atom. The zero-order valence-corrected chi connectivity index (χ0v) is 11.9. The molecular formula is C13H24N2S. The van der Waals surface area contributed by atoms with Crippen LogP contribution in [0.3, 0.4) is 0 Å². The maximum Gasteiger partial charge on any atom is 0.0594 e. The van der Waals surface area contributed by atoms with Gasteiger partial charge in [0.05, 0.1) is 5.04 Å². The molecule has 0 aromatic carbocycles. The molecule has 0 rings (SSSR count). The summed E-state index contributed by atoms with van der Waals surface area (Å²) in [6.07, 6.45) is 2.98. The van der Waals surface area contributed by atoms with E-state index in [2.05, 4.69) is 37.7 Å². The van der Waals surface area contributed by atoms with Gasteiger partial charge in [-0.1, -0.05) is 27.4 Å². The van der Waals surface area contributed by atoms with Crippen molar-refractivity contribution in [3.8, 4) is 0 Å². The van der Waals surface area contributed by atoms with Gasteiger partial charge in [-0.2, -0.15) is 0 Å². The molecule has 0 aliphatic rings. The van der Waals surface area contributed by atoms with Gasteiger partial charge in [-0.15, -0.1) is 10.5 Å². The minimum absolute atomic E-state index is 0.210. The van der Waals surface area contributed by atoms with Gasteiger partial charge in [-0.05, 0) is 29.5 Å². The minimum atomic E-state index is -0.210. The number of nitrogens with zero attached hydrogens (tertiary/aromatic N) is 1. The second kappa shape index (κ2) is 7.55. The summed E-state index contributed by atoms with van der Waals surface area (Å²) in [6.45, 7) is 12.4. The summed E-state index contributed by atoms with van der Waals surface area (Å²) < 4.78 is 0. The average molecular weight is 240 g/mol. The highest BCUT2D eigenvalue weighted by Gasteiger charge is 2.10. The number of hydrogen-bond donors (Lipinski definition) is 1. The van der Waals surface area contributed by atoms with Crippen LogP contribution in [0.2, 0.25) is 0 Å². The summed E-state index contributed by atoms with van der Waals surface area (Å²) in [5, 5.41) is 10.8. The molecule has 2 unspecified atom stereocenters. The molecule has 0 aromatic rings. The fourth-order valence-corrected chi connectivity index (χ4v) is 3.14. The van der Waals surface area contributed by atoms with Crippen molar-refractivity contribution in [3.63, 3.8) is 0 Å². The molecular weight excluding hydrogens is 216 g/mol. The van der Waals surface area contributed by atoms with Crippen LogP contribution in [0, 0.1) is 17.2 Å². The first-order valence-electron chi connectivity index (χ1n) is 5.68. The molecule has 1 N–H and O–H groups in total. The van der Waals surface area contributed by atoms with E-state index < -0.39 is 0 Å². The van der Waals surface area contributed by atoms with Gasteiger partial charge in [0, 0.05) is 19.2 Å². The van der Waals surface area contributed by atoms with Crippen LogP contribution in [-0.2, 0) is 0 Å². The van der Waals surface area contributed by atoms with Crippen LogP contribution >= 0.6 is 10.5 Å². The molecule has 0 aromatic heterocycles. The van der Waals surface area contributed by atoms with Crippen molar-refractivity contribution in [2.75, 3.05) is 7.05 Å². The van der Waals surface area contributed by atoms with E-state index in [0.717, 1.165) is 11.3 Å². The van der Waals surface area contributed by atoms with Crippen molar-refractivity contribution < 1.29 is 0 Å². The standard InChI is InChI=1S/C13H24N2S/c1-7-13(8-15-6)9-16(12(5)14)11(4)10(2)3/h8-10,13-14H,4,7H2,1-3,5-6H3. The second-order valence-corrected chi connectivity index (χ2v) is 6.21.